The van der Waals surface area contributed by atoms with Gasteiger partial charge in [-0.1, -0.05) is 55.0 Å². The van der Waals surface area contributed by atoms with Crippen molar-refractivity contribution in [3.05, 3.63) is 77.1 Å². The highest BCUT2D eigenvalue weighted by Gasteiger charge is 2.32. The number of carbonyl (C=O) groups is 1. The molecule has 9 nitrogen and oxygen atoms in total. The fraction of sp³-hybridized carbons (Fsp3) is 0.444. The van der Waals surface area contributed by atoms with Crippen molar-refractivity contribution in [3.8, 4) is 0 Å². The van der Waals surface area contributed by atoms with Gasteiger partial charge in [-0.2, -0.15) is 0 Å². The Morgan fingerprint density at radius 3 is 2.64 bits per heavy atom. The molecule has 2 fully saturated rings. The molecule has 1 aromatic heterocycles. The number of benzene rings is 2. The van der Waals surface area contributed by atoms with Gasteiger partial charge in [0.25, 0.3) is 0 Å². The fourth-order valence-corrected chi connectivity index (χ4v) is 5.24. The van der Waals surface area contributed by atoms with E-state index in [1.807, 2.05) is 41.1 Å². The quantitative estimate of drug-likeness (QED) is 0.393. The number of nitrogens with zero attached hydrogens (tertiary/aromatic N) is 6. The molecule has 2 aromatic carbocycles. The van der Waals surface area contributed by atoms with E-state index in [-0.39, 0.29) is 17.8 Å². The van der Waals surface area contributed by atoms with Gasteiger partial charge in [-0.15, -0.1) is 5.10 Å². The summed E-state index contributed by atoms with van der Waals surface area (Å²) >= 11 is 0. The molecule has 1 amide bonds. The molecule has 1 aliphatic heterocycles. The average molecular weight is 487 g/mol. The van der Waals surface area contributed by atoms with Crippen molar-refractivity contribution in [2.45, 2.75) is 51.2 Å². The maximum Gasteiger partial charge on any atom is 0.222 e. The Morgan fingerprint density at radius 1 is 1.06 bits per heavy atom. The zero-order valence-electron chi connectivity index (χ0n) is 20.8. The molecular formula is C27H34N8O. The van der Waals surface area contributed by atoms with Gasteiger partial charge in [0.1, 0.15) is 5.84 Å². The Morgan fingerprint density at radius 2 is 1.89 bits per heavy atom. The minimum atomic E-state index is -0.252. The lowest BCUT2D eigenvalue weighted by Gasteiger charge is -2.37. The lowest BCUT2D eigenvalue weighted by Crippen LogP contribution is -2.42. The minimum absolute atomic E-state index is 0.0963. The van der Waals surface area contributed by atoms with E-state index in [4.69, 9.17) is 5.41 Å². The molecule has 0 spiro atoms. The van der Waals surface area contributed by atoms with Crippen LogP contribution in [0.4, 0.5) is 0 Å². The Hall–Kier alpha value is -3.43. The van der Waals surface area contributed by atoms with Crippen molar-refractivity contribution in [2.24, 2.45) is 0 Å². The van der Waals surface area contributed by atoms with E-state index in [0.29, 0.717) is 12.1 Å². The number of hydrogen-bond acceptors (Lipinski definition) is 7. The summed E-state index contributed by atoms with van der Waals surface area (Å²) in [6.45, 7) is 6.03. The molecular weight excluding hydrogens is 452 g/mol. The molecule has 2 heterocycles. The van der Waals surface area contributed by atoms with Crippen LogP contribution < -0.4 is 5.32 Å². The van der Waals surface area contributed by atoms with Gasteiger partial charge in [0.2, 0.25) is 5.91 Å². The van der Waals surface area contributed by atoms with Crippen LogP contribution in [0.15, 0.2) is 54.6 Å². The Kier molecular flexibility index (Phi) is 7.48. The summed E-state index contributed by atoms with van der Waals surface area (Å²) in [4.78, 5) is 16.7. The van der Waals surface area contributed by atoms with Crippen molar-refractivity contribution in [2.75, 3.05) is 26.2 Å². The molecule has 5 rings (SSSR count). The van der Waals surface area contributed by atoms with Crippen LogP contribution in [0, 0.1) is 5.41 Å². The first kappa shape index (κ1) is 24.3. The van der Waals surface area contributed by atoms with Gasteiger partial charge in [0, 0.05) is 38.2 Å². The zero-order chi connectivity index (χ0) is 24.9. The van der Waals surface area contributed by atoms with E-state index in [0.717, 1.165) is 55.6 Å². The molecule has 0 radical (unpaired) electrons. The fourth-order valence-electron chi connectivity index (χ4n) is 5.24. The van der Waals surface area contributed by atoms with E-state index in [1.165, 1.54) is 26.2 Å². The van der Waals surface area contributed by atoms with Crippen molar-refractivity contribution in [3.63, 3.8) is 0 Å². The molecule has 188 valence electrons. The smallest absolute Gasteiger partial charge is 0.222 e. The number of amidine groups is 1. The number of carbonyl (C=O) groups excluding carboxylic acids is 1. The van der Waals surface area contributed by atoms with Crippen molar-refractivity contribution >= 4 is 11.7 Å². The normalized spacial score (nSPS) is 18.2. The molecule has 9 heteroatoms. The summed E-state index contributed by atoms with van der Waals surface area (Å²) in [5.74, 6) is 0.635. The monoisotopic (exact) mass is 486 g/mol. The highest BCUT2D eigenvalue weighted by atomic mass is 16.1. The number of aromatic nitrogens is 4. The highest BCUT2D eigenvalue weighted by Crippen LogP contribution is 2.31. The standard InChI is InChI=1S/C27H34N8O/c1-20(36)29-26(28)23-11-5-10-22(18-23)25(34-15-7-14-33(16-17-34)24-12-6-13-24)27-30-31-32-35(27)19-21-8-3-2-4-9-21/h2-5,8-11,18,24-25H,6-7,12-17,19H2,1H3,(H2,28,29,36). The number of nitrogens with one attached hydrogen (secondary N) is 2. The summed E-state index contributed by atoms with van der Waals surface area (Å²) in [6, 6.07) is 18.7. The number of amides is 1. The van der Waals surface area contributed by atoms with Crippen LogP contribution in [0.2, 0.25) is 0 Å². The first-order chi connectivity index (χ1) is 17.6. The number of tetrazole rings is 1. The molecule has 2 aliphatic rings. The van der Waals surface area contributed by atoms with Crippen LogP contribution in [-0.2, 0) is 11.3 Å². The topological polar surface area (TPSA) is 103 Å². The van der Waals surface area contributed by atoms with Crippen LogP contribution in [-0.4, -0.2) is 74.0 Å². The molecule has 36 heavy (non-hydrogen) atoms. The third-order valence-electron chi connectivity index (χ3n) is 7.29. The van der Waals surface area contributed by atoms with Gasteiger partial charge >= 0.3 is 0 Å². The summed E-state index contributed by atoms with van der Waals surface area (Å²) in [7, 11) is 0. The number of hydrogen-bond donors (Lipinski definition) is 2. The van der Waals surface area contributed by atoms with E-state index >= 15 is 0 Å². The summed E-state index contributed by atoms with van der Waals surface area (Å²) in [5, 5.41) is 23.9. The molecule has 1 saturated heterocycles. The predicted molar refractivity (Wildman–Crippen MR) is 138 cm³/mol. The van der Waals surface area contributed by atoms with Gasteiger partial charge < -0.3 is 5.32 Å². The first-order valence-electron chi connectivity index (χ1n) is 12.8. The Bertz CT molecular complexity index is 1190. The van der Waals surface area contributed by atoms with E-state index in [1.54, 1.807) is 0 Å². The lowest BCUT2D eigenvalue weighted by atomic mass is 9.91. The minimum Gasteiger partial charge on any atom is -0.311 e. The Labute approximate surface area is 212 Å². The summed E-state index contributed by atoms with van der Waals surface area (Å²) in [6.07, 6.45) is 5.06. The highest BCUT2D eigenvalue weighted by molar-refractivity contribution is 6.05. The molecule has 2 N–H and O–H groups in total. The van der Waals surface area contributed by atoms with E-state index in [9.17, 15) is 4.79 Å². The molecule has 1 saturated carbocycles. The predicted octanol–water partition coefficient (Wildman–Crippen LogP) is 2.83. The SMILES string of the molecule is CC(=O)NC(=N)c1cccc(C(c2nnnn2Cc2ccccc2)N2CCCN(C3CCC3)CC2)c1. The van der Waals surface area contributed by atoms with Crippen LogP contribution in [0.1, 0.15) is 61.2 Å². The third-order valence-corrected chi connectivity index (χ3v) is 7.29. The van der Waals surface area contributed by atoms with E-state index < -0.39 is 0 Å². The molecule has 0 bridgehead atoms. The van der Waals surface area contributed by atoms with Crippen LogP contribution in [0.25, 0.3) is 0 Å². The first-order valence-corrected chi connectivity index (χ1v) is 12.8. The largest absolute Gasteiger partial charge is 0.311 e. The van der Waals surface area contributed by atoms with Gasteiger partial charge in [-0.25, -0.2) is 4.68 Å². The van der Waals surface area contributed by atoms with Gasteiger partial charge in [-0.05, 0) is 53.4 Å². The van der Waals surface area contributed by atoms with Gasteiger partial charge in [-0.3, -0.25) is 20.0 Å². The van der Waals surface area contributed by atoms with Crippen LogP contribution in [0.3, 0.4) is 0 Å². The third kappa shape index (κ3) is 5.52. The van der Waals surface area contributed by atoms with Crippen LogP contribution in [0.5, 0.6) is 0 Å². The molecule has 1 unspecified atom stereocenters. The zero-order valence-corrected chi connectivity index (χ0v) is 20.8. The second kappa shape index (κ2) is 11.1. The Balaban J connectivity index is 1.48. The van der Waals surface area contributed by atoms with Crippen LogP contribution >= 0.6 is 0 Å². The van der Waals surface area contributed by atoms with Crippen molar-refractivity contribution in [1.29, 1.82) is 5.41 Å². The maximum absolute atomic E-state index is 11.6. The average Bonchev–Trinajstić information content (AvgIpc) is 3.15. The maximum atomic E-state index is 11.6. The molecule has 3 aromatic rings. The second-order valence-corrected chi connectivity index (χ2v) is 9.77. The number of rotatable bonds is 7. The summed E-state index contributed by atoms with van der Waals surface area (Å²) < 4.78 is 1.89. The summed E-state index contributed by atoms with van der Waals surface area (Å²) in [5.41, 5.74) is 2.82. The second-order valence-electron chi connectivity index (χ2n) is 9.77. The van der Waals surface area contributed by atoms with Crippen molar-refractivity contribution < 1.29 is 4.79 Å². The van der Waals surface area contributed by atoms with E-state index in [2.05, 4.69) is 48.8 Å². The molecule has 1 aliphatic carbocycles. The van der Waals surface area contributed by atoms with Gasteiger partial charge in [0.15, 0.2) is 5.82 Å². The van der Waals surface area contributed by atoms with Crippen molar-refractivity contribution in [1.82, 2.24) is 35.3 Å². The van der Waals surface area contributed by atoms with Gasteiger partial charge in [0.05, 0.1) is 12.6 Å². The lowest BCUT2D eigenvalue weighted by molar-refractivity contribution is -0.117. The molecule has 1 atom stereocenters.